The maximum absolute atomic E-state index is 10.4. The average molecular weight is 126 g/mol. The van der Waals surface area contributed by atoms with E-state index >= 15 is 0 Å². The molecule has 0 aromatic rings. The lowest BCUT2D eigenvalue weighted by Gasteiger charge is -2.09. The van der Waals surface area contributed by atoms with Crippen LogP contribution in [0.2, 0.25) is 0 Å². The smallest absolute Gasteiger partial charge is 0.152 e. The Kier molecular flexibility index (Phi) is 2.63. The van der Waals surface area contributed by atoms with Gasteiger partial charge in [-0.3, -0.25) is 4.79 Å². The molecule has 0 saturated carbocycles. The van der Waals surface area contributed by atoms with Gasteiger partial charge in [-0.1, -0.05) is 26.8 Å². The molecule has 0 radical (unpaired) electrons. The highest BCUT2D eigenvalue weighted by molar-refractivity contribution is 5.87. The van der Waals surface area contributed by atoms with Crippen molar-refractivity contribution >= 4 is 5.78 Å². The number of rotatable bonds is 1. The molecular weight excluding hydrogens is 112 g/mol. The summed E-state index contributed by atoms with van der Waals surface area (Å²) in [6.07, 6.45) is 3.52. The molecule has 0 aromatic carbocycles. The Morgan fingerprint density at radius 2 is 1.78 bits per heavy atom. The maximum Gasteiger partial charge on any atom is 0.152 e. The van der Waals surface area contributed by atoms with Crippen LogP contribution in [0, 0.1) is 5.41 Å². The van der Waals surface area contributed by atoms with Gasteiger partial charge in [-0.2, -0.15) is 0 Å². The van der Waals surface area contributed by atoms with Crippen molar-refractivity contribution in [3.8, 4) is 0 Å². The van der Waals surface area contributed by atoms with E-state index < -0.39 is 0 Å². The lowest BCUT2D eigenvalue weighted by molar-refractivity contribution is -0.112. The van der Waals surface area contributed by atoms with Crippen LogP contribution < -0.4 is 0 Å². The number of hydrogen-bond donors (Lipinski definition) is 0. The van der Waals surface area contributed by atoms with Gasteiger partial charge in [0.1, 0.15) is 0 Å². The molecule has 0 aliphatic rings. The van der Waals surface area contributed by atoms with Crippen LogP contribution in [-0.4, -0.2) is 5.78 Å². The summed E-state index contributed by atoms with van der Waals surface area (Å²) in [4.78, 5) is 10.4. The molecule has 0 bridgehead atoms. The maximum atomic E-state index is 10.4. The van der Waals surface area contributed by atoms with E-state index in [2.05, 4.69) is 20.8 Å². The summed E-state index contributed by atoms with van der Waals surface area (Å²) in [6, 6.07) is 0. The van der Waals surface area contributed by atoms with Gasteiger partial charge in [-0.05, 0) is 18.4 Å². The fourth-order valence-corrected chi connectivity index (χ4v) is 0.367. The van der Waals surface area contributed by atoms with Crippen LogP contribution in [0.15, 0.2) is 12.2 Å². The number of carbonyl (C=O) groups excluding carboxylic acids is 1. The molecule has 0 amide bonds. The van der Waals surface area contributed by atoms with E-state index in [0.29, 0.717) is 0 Å². The van der Waals surface area contributed by atoms with Crippen molar-refractivity contribution in [3.05, 3.63) is 12.2 Å². The summed E-state index contributed by atoms with van der Waals surface area (Å²) in [5.41, 5.74) is 0.131. The van der Waals surface area contributed by atoms with E-state index in [1.54, 1.807) is 13.0 Å². The van der Waals surface area contributed by atoms with Crippen molar-refractivity contribution in [2.24, 2.45) is 5.41 Å². The van der Waals surface area contributed by atoms with Crippen molar-refractivity contribution in [2.75, 3.05) is 0 Å². The largest absolute Gasteiger partial charge is 0.295 e. The molecule has 0 saturated heterocycles. The van der Waals surface area contributed by atoms with Crippen LogP contribution >= 0.6 is 0 Å². The lowest BCUT2D eigenvalue weighted by atomic mass is 9.96. The monoisotopic (exact) mass is 126 g/mol. The fraction of sp³-hybridized carbons (Fsp3) is 0.625. The van der Waals surface area contributed by atoms with Crippen LogP contribution in [0.1, 0.15) is 27.7 Å². The number of carbonyl (C=O) groups is 1. The Bertz CT molecular complexity index is 126. The minimum Gasteiger partial charge on any atom is -0.295 e. The molecule has 0 spiro atoms. The van der Waals surface area contributed by atoms with Gasteiger partial charge in [0, 0.05) is 0 Å². The van der Waals surface area contributed by atoms with E-state index in [0.717, 1.165) is 0 Å². The lowest BCUT2D eigenvalue weighted by Crippen LogP contribution is -1.99. The standard InChI is InChI=1S/C8H14O/c1-7(9)5-6-8(2,3)4/h5-6H,1-4H3/b6-5+. The highest BCUT2D eigenvalue weighted by Gasteiger charge is 2.02. The molecule has 0 aliphatic heterocycles. The zero-order valence-corrected chi connectivity index (χ0v) is 6.56. The normalized spacial score (nSPS) is 12.4. The number of allylic oxidation sites excluding steroid dienone is 2. The molecule has 0 heterocycles. The van der Waals surface area contributed by atoms with Gasteiger partial charge >= 0.3 is 0 Å². The van der Waals surface area contributed by atoms with Crippen LogP contribution in [0.4, 0.5) is 0 Å². The van der Waals surface area contributed by atoms with Gasteiger partial charge in [-0.25, -0.2) is 0 Å². The third kappa shape index (κ3) is 7.41. The van der Waals surface area contributed by atoms with Crippen molar-refractivity contribution in [2.45, 2.75) is 27.7 Å². The summed E-state index contributed by atoms with van der Waals surface area (Å²) in [7, 11) is 0. The first-order valence-corrected chi connectivity index (χ1v) is 3.11. The van der Waals surface area contributed by atoms with Gasteiger partial charge < -0.3 is 0 Å². The minimum absolute atomic E-state index is 0.116. The van der Waals surface area contributed by atoms with E-state index in [1.165, 1.54) is 0 Å². The van der Waals surface area contributed by atoms with Gasteiger partial charge in [0.05, 0.1) is 0 Å². The third-order valence-corrected chi connectivity index (χ3v) is 0.818. The molecule has 0 unspecified atom stereocenters. The molecule has 52 valence electrons. The molecule has 1 heteroatoms. The summed E-state index contributed by atoms with van der Waals surface area (Å²) < 4.78 is 0. The highest BCUT2D eigenvalue weighted by Crippen LogP contribution is 2.13. The van der Waals surface area contributed by atoms with Crippen molar-refractivity contribution in [3.63, 3.8) is 0 Å². The average Bonchev–Trinajstić information content (AvgIpc) is 1.59. The Labute approximate surface area is 56.8 Å². The van der Waals surface area contributed by atoms with E-state index in [1.807, 2.05) is 6.08 Å². The van der Waals surface area contributed by atoms with Crippen molar-refractivity contribution in [1.29, 1.82) is 0 Å². The quantitative estimate of drug-likeness (QED) is 0.492. The van der Waals surface area contributed by atoms with Crippen molar-refractivity contribution < 1.29 is 4.79 Å². The molecular formula is C8H14O. The van der Waals surface area contributed by atoms with Crippen molar-refractivity contribution in [1.82, 2.24) is 0 Å². The number of ketones is 1. The molecule has 0 N–H and O–H groups in total. The molecule has 0 atom stereocenters. The van der Waals surface area contributed by atoms with Gasteiger partial charge in [0.15, 0.2) is 5.78 Å². The predicted octanol–water partition coefficient (Wildman–Crippen LogP) is 2.18. The van der Waals surface area contributed by atoms with Gasteiger partial charge in [0.2, 0.25) is 0 Å². The topological polar surface area (TPSA) is 17.1 Å². The highest BCUT2D eigenvalue weighted by atomic mass is 16.1. The number of hydrogen-bond acceptors (Lipinski definition) is 1. The van der Waals surface area contributed by atoms with Crippen LogP contribution in [-0.2, 0) is 4.79 Å². The van der Waals surface area contributed by atoms with Crippen LogP contribution in [0.25, 0.3) is 0 Å². The first-order valence-electron chi connectivity index (χ1n) is 3.11. The van der Waals surface area contributed by atoms with Gasteiger partial charge in [0.25, 0.3) is 0 Å². The van der Waals surface area contributed by atoms with E-state index in [-0.39, 0.29) is 11.2 Å². The summed E-state index contributed by atoms with van der Waals surface area (Å²) >= 11 is 0. The molecule has 0 fully saturated rings. The Morgan fingerprint density at radius 3 is 1.89 bits per heavy atom. The molecule has 0 aliphatic carbocycles. The Balaban J connectivity index is 3.86. The Morgan fingerprint density at radius 1 is 1.33 bits per heavy atom. The zero-order chi connectivity index (χ0) is 7.49. The Hall–Kier alpha value is -0.590. The summed E-state index contributed by atoms with van der Waals surface area (Å²) in [5, 5.41) is 0. The van der Waals surface area contributed by atoms with Crippen LogP contribution in [0.5, 0.6) is 0 Å². The SMILES string of the molecule is CC(=O)/C=C/C(C)(C)C. The molecule has 0 aromatic heterocycles. The van der Waals surface area contributed by atoms with E-state index in [9.17, 15) is 4.79 Å². The summed E-state index contributed by atoms with van der Waals surface area (Å²) in [6.45, 7) is 7.74. The second kappa shape index (κ2) is 2.81. The fourth-order valence-electron chi connectivity index (χ4n) is 0.367. The first kappa shape index (κ1) is 8.41. The second-order valence-corrected chi connectivity index (χ2v) is 3.31. The second-order valence-electron chi connectivity index (χ2n) is 3.31. The predicted molar refractivity (Wildman–Crippen MR) is 39.3 cm³/mol. The minimum atomic E-state index is 0.116. The molecule has 0 rings (SSSR count). The van der Waals surface area contributed by atoms with Crippen LogP contribution in [0.3, 0.4) is 0 Å². The molecule has 9 heavy (non-hydrogen) atoms. The third-order valence-electron chi connectivity index (χ3n) is 0.818. The van der Waals surface area contributed by atoms with Gasteiger partial charge in [-0.15, -0.1) is 0 Å². The van der Waals surface area contributed by atoms with E-state index in [4.69, 9.17) is 0 Å². The first-order chi connectivity index (χ1) is 3.92. The molecule has 1 nitrogen and oxygen atoms in total. The summed E-state index contributed by atoms with van der Waals surface area (Å²) in [5.74, 6) is 0.116. The zero-order valence-electron chi connectivity index (χ0n) is 6.56.